The first-order chi connectivity index (χ1) is 9.24. The van der Waals surface area contributed by atoms with Crippen LogP contribution in [0.4, 0.5) is 0 Å². The SMILES string of the molecule is C=C/C=C\C=C/CC(CNC(=C)C)c1ccccc1. The van der Waals surface area contributed by atoms with Gasteiger partial charge in [-0.2, -0.15) is 0 Å². The highest BCUT2D eigenvalue weighted by atomic mass is 14.9. The van der Waals surface area contributed by atoms with Crippen molar-refractivity contribution in [3.8, 4) is 0 Å². The van der Waals surface area contributed by atoms with E-state index in [1.165, 1.54) is 5.56 Å². The third-order valence-corrected chi connectivity index (χ3v) is 2.84. The van der Waals surface area contributed by atoms with Gasteiger partial charge in [0, 0.05) is 18.2 Å². The van der Waals surface area contributed by atoms with Crippen molar-refractivity contribution in [2.75, 3.05) is 6.54 Å². The molecule has 0 aliphatic heterocycles. The van der Waals surface area contributed by atoms with Crippen molar-refractivity contribution < 1.29 is 0 Å². The zero-order valence-electron chi connectivity index (χ0n) is 11.7. The zero-order valence-corrected chi connectivity index (χ0v) is 11.7. The second-order valence-corrected chi connectivity index (χ2v) is 4.55. The Labute approximate surface area is 117 Å². The van der Waals surface area contributed by atoms with Crippen LogP contribution in [0.1, 0.15) is 24.8 Å². The molecule has 1 heteroatoms. The summed E-state index contributed by atoms with van der Waals surface area (Å²) in [7, 11) is 0. The van der Waals surface area contributed by atoms with Crippen molar-refractivity contribution in [2.24, 2.45) is 0 Å². The molecule has 0 aliphatic rings. The van der Waals surface area contributed by atoms with Gasteiger partial charge in [0.1, 0.15) is 0 Å². The van der Waals surface area contributed by atoms with Crippen LogP contribution in [0, 0.1) is 0 Å². The lowest BCUT2D eigenvalue weighted by Gasteiger charge is -2.17. The van der Waals surface area contributed by atoms with Crippen molar-refractivity contribution in [3.63, 3.8) is 0 Å². The predicted molar refractivity (Wildman–Crippen MR) is 85.1 cm³/mol. The fourth-order valence-electron chi connectivity index (χ4n) is 1.82. The van der Waals surface area contributed by atoms with Gasteiger partial charge < -0.3 is 5.32 Å². The van der Waals surface area contributed by atoms with Gasteiger partial charge in [-0.05, 0) is 18.9 Å². The third-order valence-electron chi connectivity index (χ3n) is 2.84. The van der Waals surface area contributed by atoms with Crippen molar-refractivity contribution in [1.29, 1.82) is 0 Å². The molecule has 19 heavy (non-hydrogen) atoms. The average Bonchev–Trinajstić information content (AvgIpc) is 2.42. The number of allylic oxidation sites excluding steroid dienone is 6. The summed E-state index contributed by atoms with van der Waals surface area (Å²) < 4.78 is 0. The minimum Gasteiger partial charge on any atom is -0.388 e. The van der Waals surface area contributed by atoms with Gasteiger partial charge in [0.05, 0.1) is 0 Å². The zero-order chi connectivity index (χ0) is 13.9. The van der Waals surface area contributed by atoms with Gasteiger partial charge in [0.25, 0.3) is 0 Å². The van der Waals surface area contributed by atoms with Crippen LogP contribution >= 0.6 is 0 Å². The number of benzene rings is 1. The first kappa shape index (κ1) is 15.0. The van der Waals surface area contributed by atoms with Crippen LogP contribution in [-0.2, 0) is 0 Å². The molecular formula is C18H23N. The Bertz CT molecular complexity index is 440. The maximum Gasteiger partial charge on any atom is 0.0215 e. The summed E-state index contributed by atoms with van der Waals surface area (Å²) in [4.78, 5) is 0. The van der Waals surface area contributed by atoms with Crippen LogP contribution in [0.3, 0.4) is 0 Å². The first-order valence-corrected chi connectivity index (χ1v) is 6.62. The Morgan fingerprint density at radius 2 is 1.95 bits per heavy atom. The molecule has 1 atom stereocenters. The molecule has 1 aromatic rings. The molecule has 0 heterocycles. The summed E-state index contributed by atoms with van der Waals surface area (Å²) in [5.41, 5.74) is 2.37. The Balaban J connectivity index is 2.64. The fraction of sp³-hybridized carbons (Fsp3) is 0.222. The highest BCUT2D eigenvalue weighted by Crippen LogP contribution is 2.19. The molecule has 0 aromatic heterocycles. The van der Waals surface area contributed by atoms with Gasteiger partial charge in [-0.3, -0.25) is 0 Å². The Morgan fingerprint density at radius 1 is 1.21 bits per heavy atom. The van der Waals surface area contributed by atoms with Crippen LogP contribution in [0.15, 0.2) is 79.6 Å². The summed E-state index contributed by atoms with van der Waals surface area (Å²) in [6.07, 6.45) is 11.0. The van der Waals surface area contributed by atoms with E-state index in [9.17, 15) is 0 Å². The molecule has 1 rings (SSSR count). The predicted octanol–water partition coefficient (Wildman–Crippen LogP) is 4.58. The molecule has 0 saturated heterocycles. The van der Waals surface area contributed by atoms with Crippen LogP contribution < -0.4 is 5.32 Å². The molecule has 0 amide bonds. The third kappa shape index (κ3) is 6.46. The number of rotatable bonds is 8. The van der Waals surface area contributed by atoms with Crippen LogP contribution in [0.2, 0.25) is 0 Å². The van der Waals surface area contributed by atoms with E-state index in [-0.39, 0.29) is 0 Å². The van der Waals surface area contributed by atoms with E-state index in [4.69, 9.17) is 0 Å². The number of hydrogen-bond donors (Lipinski definition) is 1. The van der Waals surface area contributed by atoms with E-state index >= 15 is 0 Å². The topological polar surface area (TPSA) is 12.0 Å². The molecule has 0 spiro atoms. The monoisotopic (exact) mass is 253 g/mol. The number of nitrogens with one attached hydrogen (secondary N) is 1. The molecule has 1 unspecified atom stereocenters. The molecule has 0 fully saturated rings. The van der Waals surface area contributed by atoms with Gasteiger partial charge in [0.15, 0.2) is 0 Å². The van der Waals surface area contributed by atoms with Crippen LogP contribution in [-0.4, -0.2) is 6.54 Å². The van der Waals surface area contributed by atoms with Gasteiger partial charge >= 0.3 is 0 Å². The smallest absolute Gasteiger partial charge is 0.0215 e. The molecule has 0 bridgehead atoms. The summed E-state index contributed by atoms with van der Waals surface area (Å²) in [6.45, 7) is 10.4. The van der Waals surface area contributed by atoms with Crippen LogP contribution in [0.25, 0.3) is 0 Å². The van der Waals surface area contributed by atoms with Crippen molar-refractivity contribution in [1.82, 2.24) is 5.32 Å². The second kappa shape index (κ2) is 8.98. The fourth-order valence-corrected chi connectivity index (χ4v) is 1.82. The highest BCUT2D eigenvalue weighted by molar-refractivity contribution is 5.21. The molecule has 1 aromatic carbocycles. The van der Waals surface area contributed by atoms with Gasteiger partial charge in [-0.1, -0.05) is 73.9 Å². The molecule has 1 nitrogen and oxygen atoms in total. The van der Waals surface area contributed by atoms with E-state index in [0.717, 1.165) is 18.7 Å². The molecule has 0 saturated carbocycles. The average molecular weight is 253 g/mol. The normalized spacial score (nSPS) is 12.7. The van der Waals surface area contributed by atoms with E-state index in [2.05, 4.69) is 61.0 Å². The van der Waals surface area contributed by atoms with Crippen molar-refractivity contribution in [3.05, 3.63) is 85.1 Å². The molecule has 1 N–H and O–H groups in total. The van der Waals surface area contributed by atoms with Crippen molar-refractivity contribution in [2.45, 2.75) is 19.3 Å². The maximum absolute atomic E-state index is 3.89. The van der Waals surface area contributed by atoms with E-state index in [0.29, 0.717) is 5.92 Å². The summed E-state index contributed by atoms with van der Waals surface area (Å²) in [6, 6.07) is 10.6. The number of hydrogen-bond acceptors (Lipinski definition) is 1. The van der Waals surface area contributed by atoms with Gasteiger partial charge in [0.2, 0.25) is 0 Å². The molecule has 0 radical (unpaired) electrons. The molecular weight excluding hydrogens is 230 g/mol. The quantitative estimate of drug-likeness (QED) is 0.669. The Morgan fingerprint density at radius 3 is 2.58 bits per heavy atom. The standard InChI is InChI=1S/C18H23N/c1-4-5-6-7-9-14-18(15-19-16(2)3)17-12-10-8-11-13-17/h4-13,18-19H,1-2,14-15H2,3H3/b6-5-,9-7-. The summed E-state index contributed by atoms with van der Waals surface area (Å²) in [5.74, 6) is 0.464. The first-order valence-electron chi connectivity index (χ1n) is 6.62. The van der Waals surface area contributed by atoms with Crippen molar-refractivity contribution >= 4 is 0 Å². The lowest BCUT2D eigenvalue weighted by atomic mass is 9.95. The van der Waals surface area contributed by atoms with E-state index in [1.54, 1.807) is 6.08 Å². The lowest BCUT2D eigenvalue weighted by molar-refractivity contribution is 0.638. The summed E-state index contributed by atoms with van der Waals surface area (Å²) >= 11 is 0. The second-order valence-electron chi connectivity index (χ2n) is 4.55. The van der Waals surface area contributed by atoms with Crippen LogP contribution in [0.5, 0.6) is 0 Å². The molecule has 100 valence electrons. The maximum atomic E-state index is 3.89. The van der Waals surface area contributed by atoms with Gasteiger partial charge in [-0.25, -0.2) is 0 Å². The largest absolute Gasteiger partial charge is 0.388 e. The lowest BCUT2D eigenvalue weighted by Crippen LogP contribution is -2.19. The highest BCUT2D eigenvalue weighted by Gasteiger charge is 2.08. The van der Waals surface area contributed by atoms with E-state index in [1.807, 2.05) is 19.1 Å². The van der Waals surface area contributed by atoms with Gasteiger partial charge in [-0.15, -0.1) is 0 Å². The Hall–Kier alpha value is -2.02. The Kier molecular flexibility index (Phi) is 7.11. The minimum atomic E-state index is 0.464. The molecule has 0 aliphatic carbocycles. The summed E-state index contributed by atoms with van der Waals surface area (Å²) in [5, 5.41) is 3.33. The van der Waals surface area contributed by atoms with E-state index < -0.39 is 0 Å². The minimum absolute atomic E-state index is 0.464.